The first-order valence-electron chi connectivity index (χ1n) is 4.93. The van der Waals surface area contributed by atoms with Gasteiger partial charge in [0.1, 0.15) is 5.82 Å². The van der Waals surface area contributed by atoms with Crippen LogP contribution in [0.25, 0.3) is 11.3 Å². The molecule has 0 saturated heterocycles. The van der Waals surface area contributed by atoms with Crippen LogP contribution in [-0.2, 0) is 7.05 Å². The zero-order valence-corrected chi connectivity index (χ0v) is 9.32. The molecule has 0 radical (unpaired) electrons. The SMILES string of the molecule is Cn1nc(-c2ccc(C(=O)O)c(F)c2F)cc1N. The Morgan fingerprint density at radius 1 is 1.39 bits per heavy atom. The molecule has 0 fully saturated rings. The van der Waals surface area contributed by atoms with Crippen LogP contribution >= 0.6 is 0 Å². The number of nitrogens with zero attached hydrogens (tertiary/aromatic N) is 2. The smallest absolute Gasteiger partial charge is 0.338 e. The average Bonchev–Trinajstić information content (AvgIpc) is 2.62. The summed E-state index contributed by atoms with van der Waals surface area (Å²) in [6.07, 6.45) is 0. The summed E-state index contributed by atoms with van der Waals surface area (Å²) in [6, 6.07) is 3.52. The molecular weight excluding hydrogens is 244 g/mol. The number of halogens is 2. The Labute approximate surface area is 100 Å². The quantitative estimate of drug-likeness (QED) is 0.852. The van der Waals surface area contributed by atoms with Crippen molar-refractivity contribution >= 4 is 11.8 Å². The summed E-state index contributed by atoms with van der Waals surface area (Å²) in [5.41, 5.74) is 4.82. The van der Waals surface area contributed by atoms with Crippen molar-refractivity contribution in [1.29, 1.82) is 0 Å². The molecule has 1 aromatic carbocycles. The molecule has 1 aromatic heterocycles. The van der Waals surface area contributed by atoms with Crippen LogP contribution in [0.15, 0.2) is 18.2 Å². The number of aryl methyl sites for hydroxylation is 1. The second-order valence-corrected chi connectivity index (χ2v) is 3.67. The van der Waals surface area contributed by atoms with Crippen molar-refractivity contribution in [2.75, 3.05) is 5.73 Å². The van der Waals surface area contributed by atoms with E-state index < -0.39 is 23.2 Å². The van der Waals surface area contributed by atoms with Crippen LogP contribution in [0.4, 0.5) is 14.6 Å². The number of rotatable bonds is 2. The number of nitrogens with two attached hydrogens (primary N) is 1. The molecule has 3 N–H and O–H groups in total. The molecule has 0 aliphatic heterocycles. The monoisotopic (exact) mass is 253 g/mol. The van der Waals surface area contributed by atoms with Crippen molar-refractivity contribution in [3.05, 3.63) is 35.4 Å². The van der Waals surface area contributed by atoms with Crippen molar-refractivity contribution in [2.45, 2.75) is 0 Å². The number of hydrogen-bond acceptors (Lipinski definition) is 3. The second kappa shape index (κ2) is 4.10. The fourth-order valence-corrected chi connectivity index (χ4v) is 1.53. The molecule has 0 spiro atoms. The third-order valence-corrected chi connectivity index (χ3v) is 2.50. The first kappa shape index (κ1) is 12.0. The third-order valence-electron chi connectivity index (χ3n) is 2.50. The van der Waals surface area contributed by atoms with Gasteiger partial charge in [-0.2, -0.15) is 5.10 Å². The summed E-state index contributed by atoms with van der Waals surface area (Å²) in [7, 11) is 1.55. The minimum absolute atomic E-state index is 0.134. The molecule has 2 rings (SSSR count). The van der Waals surface area contributed by atoms with E-state index >= 15 is 0 Å². The summed E-state index contributed by atoms with van der Waals surface area (Å²) >= 11 is 0. The molecule has 0 saturated carbocycles. The molecule has 0 aliphatic rings. The van der Waals surface area contributed by atoms with E-state index in [1.165, 1.54) is 10.7 Å². The van der Waals surface area contributed by atoms with Crippen molar-refractivity contribution in [2.24, 2.45) is 7.05 Å². The van der Waals surface area contributed by atoms with E-state index in [0.717, 1.165) is 12.1 Å². The van der Waals surface area contributed by atoms with Gasteiger partial charge in [0.05, 0.1) is 11.3 Å². The summed E-state index contributed by atoms with van der Waals surface area (Å²) in [5, 5.41) is 12.5. The molecule has 0 aliphatic carbocycles. The summed E-state index contributed by atoms with van der Waals surface area (Å²) < 4.78 is 28.5. The lowest BCUT2D eigenvalue weighted by Crippen LogP contribution is -2.04. The summed E-state index contributed by atoms with van der Waals surface area (Å²) in [5.74, 6) is -3.91. The zero-order valence-electron chi connectivity index (χ0n) is 9.32. The van der Waals surface area contributed by atoms with Crippen LogP contribution in [0.3, 0.4) is 0 Å². The van der Waals surface area contributed by atoms with Crippen molar-refractivity contribution in [1.82, 2.24) is 9.78 Å². The van der Waals surface area contributed by atoms with E-state index in [2.05, 4.69) is 5.10 Å². The fourth-order valence-electron chi connectivity index (χ4n) is 1.53. The Morgan fingerprint density at radius 3 is 2.56 bits per heavy atom. The van der Waals surface area contributed by atoms with Gasteiger partial charge in [-0.25, -0.2) is 13.6 Å². The van der Waals surface area contributed by atoms with Gasteiger partial charge >= 0.3 is 5.97 Å². The summed E-state index contributed by atoms with van der Waals surface area (Å²) in [6.45, 7) is 0. The minimum atomic E-state index is -1.53. The lowest BCUT2D eigenvalue weighted by molar-refractivity contribution is 0.0690. The van der Waals surface area contributed by atoms with E-state index in [-0.39, 0.29) is 17.1 Å². The normalized spacial score (nSPS) is 10.6. The maximum absolute atomic E-state index is 13.7. The standard InChI is InChI=1S/C11H9F2N3O2/c1-16-8(14)4-7(15-16)5-2-3-6(11(17)18)10(13)9(5)12/h2-4H,14H2,1H3,(H,17,18). The topological polar surface area (TPSA) is 81.1 Å². The lowest BCUT2D eigenvalue weighted by atomic mass is 10.1. The van der Waals surface area contributed by atoms with Crippen molar-refractivity contribution in [3.8, 4) is 11.3 Å². The fraction of sp³-hybridized carbons (Fsp3) is 0.0909. The van der Waals surface area contributed by atoms with Gasteiger partial charge in [0.25, 0.3) is 0 Å². The number of carbonyl (C=O) groups is 1. The highest BCUT2D eigenvalue weighted by molar-refractivity contribution is 5.88. The number of aromatic carboxylic acids is 1. The Bertz CT molecular complexity index is 618. The van der Waals surface area contributed by atoms with E-state index in [9.17, 15) is 13.6 Å². The average molecular weight is 253 g/mol. The van der Waals surface area contributed by atoms with Crippen LogP contribution in [-0.4, -0.2) is 20.9 Å². The maximum atomic E-state index is 13.7. The number of nitrogen functional groups attached to an aromatic ring is 1. The van der Waals surface area contributed by atoms with E-state index in [0.29, 0.717) is 0 Å². The van der Waals surface area contributed by atoms with E-state index in [1.54, 1.807) is 7.05 Å². The van der Waals surface area contributed by atoms with Crippen LogP contribution in [0.5, 0.6) is 0 Å². The molecule has 0 bridgehead atoms. The maximum Gasteiger partial charge on any atom is 0.338 e. The van der Waals surface area contributed by atoms with Crippen LogP contribution in [0.2, 0.25) is 0 Å². The van der Waals surface area contributed by atoms with E-state index in [1.807, 2.05) is 0 Å². The highest BCUT2D eigenvalue weighted by atomic mass is 19.2. The summed E-state index contributed by atoms with van der Waals surface area (Å²) in [4.78, 5) is 10.6. The number of anilines is 1. The van der Waals surface area contributed by atoms with Gasteiger partial charge in [0.2, 0.25) is 0 Å². The Morgan fingerprint density at radius 2 is 2.06 bits per heavy atom. The molecule has 7 heteroatoms. The van der Waals surface area contributed by atoms with Gasteiger partial charge in [-0.05, 0) is 12.1 Å². The number of hydrogen-bond donors (Lipinski definition) is 2. The van der Waals surface area contributed by atoms with Gasteiger partial charge in [0, 0.05) is 18.7 Å². The molecule has 5 nitrogen and oxygen atoms in total. The molecule has 0 amide bonds. The van der Waals surface area contributed by atoms with Crippen molar-refractivity contribution < 1.29 is 18.7 Å². The van der Waals surface area contributed by atoms with E-state index in [4.69, 9.17) is 10.8 Å². The van der Waals surface area contributed by atoms with Crippen molar-refractivity contribution in [3.63, 3.8) is 0 Å². The van der Waals surface area contributed by atoms with Crippen LogP contribution in [0, 0.1) is 11.6 Å². The highest BCUT2D eigenvalue weighted by Crippen LogP contribution is 2.26. The Balaban J connectivity index is 2.60. The van der Waals surface area contributed by atoms with Crippen LogP contribution in [0.1, 0.15) is 10.4 Å². The molecule has 0 atom stereocenters. The van der Waals surface area contributed by atoms with Crippen LogP contribution < -0.4 is 5.73 Å². The van der Waals surface area contributed by atoms with Gasteiger partial charge in [0.15, 0.2) is 11.6 Å². The second-order valence-electron chi connectivity index (χ2n) is 3.67. The number of benzene rings is 1. The Hall–Kier alpha value is -2.44. The largest absolute Gasteiger partial charge is 0.478 e. The predicted molar refractivity (Wildman–Crippen MR) is 59.9 cm³/mol. The number of aromatic nitrogens is 2. The highest BCUT2D eigenvalue weighted by Gasteiger charge is 2.20. The molecule has 94 valence electrons. The number of carboxylic acids is 1. The lowest BCUT2D eigenvalue weighted by Gasteiger charge is -2.03. The van der Waals surface area contributed by atoms with Gasteiger partial charge in [-0.3, -0.25) is 4.68 Å². The Kier molecular flexibility index (Phi) is 2.74. The molecular formula is C11H9F2N3O2. The third kappa shape index (κ3) is 1.79. The van der Waals surface area contributed by atoms with Gasteiger partial charge in [-0.1, -0.05) is 0 Å². The molecule has 0 unspecified atom stereocenters. The molecule has 1 heterocycles. The van der Waals surface area contributed by atoms with Gasteiger partial charge in [-0.15, -0.1) is 0 Å². The predicted octanol–water partition coefficient (Wildman–Crippen LogP) is 1.65. The first-order valence-corrected chi connectivity index (χ1v) is 4.93. The molecule has 2 aromatic rings. The minimum Gasteiger partial charge on any atom is -0.478 e. The number of carboxylic acid groups (broad SMARTS) is 1. The first-order chi connectivity index (χ1) is 8.41. The van der Waals surface area contributed by atoms with Gasteiger partial charge < -0.3 is 10.8 Å². The molecule has 18 heavy (non-hydrogen) atoms. The zero-order chi connectivity index (χ0) is 13.4.